The summed E-state index contributed by atoms with van der Waals surface area (Å²) in [6.07, 6.45) is 4.59. The molecule has 0 saturated heterocycles. The molecule has 1 aliphatic carbocycles. The maximum absolute atomic E-state index is 5.79. The van der Waals surface area contributed by atoms with Gasteiger partial charge in [0.15, 0.2) is 5.75 Å². The molecule has 3 nitrogen and oxygen atoms in total. The zero-order chi connectivity index (χ0) is 11.8. The quantitative estimate of drug-likeness (QED) is 0.850. The van der Waals surface area contributed by atoms with Crippen molar-refractivity contribution in [2.24, 2.45) is 0 Å². The molecule has 0 amide bonds. The standard InChI is InChI=1S/C13H20N2O/c1-13(2,3)12-7-10(14-4)11(8-15-12)16-9-5-6-9/h7-9H,5-6H2,1-4H3,(H,14,15). The van der Waals surface area contributed by atoms with Gasteiger partial charge < -0.3 is 10.1 Å². The minimum Gasteiger partial charge on any atom is -0.487 e. The summed E-state index contributed by atoms with van der Waals surface area (Å²) in [7, 11) is 1.92. The Labute approximate surface area is 97.2 Å². The second kappa shape index (κ2) is 3.96. The molecule has 16 heavy (non-hydrogen) atoms. The van der Waals surface area contributed by atoms with Crippen molar-refractivity contribution >= 4 is 5.69 Å². The summed E-state index contributed by atoms with van der Waals surface area (Å²) in [5.41, 5.74) is 2.19. The second-order valence-corrected chi connectivity index (χ2v) is 5.38. The van der Waals surface area contributed by atoms with Crippen LogP contribution in [-0.2, 0) is 5.41 Å². The number of hydrogen-bond acceptors (Lipinski definition) is 3. The van der Waals surface area contributed by atoms with Gasteiger partial charge in [-0.15, -0.1) is 0 Å². The third-order valence-corrected chi connectivity index (χ3v) is 2.72. The first kappa shape index (κ1) is 11.2. The van der Waals surface area contributed by atoms with Crippen molar-refractivity contribution in [3.8, 4) is 5.75 Å². The molecule has 0 unspecified atom stereocenters. The van der Waals surface area contributed by atoms with E-state index < -0.39 is 0 Å². The van der Waals surface area contributed by atoms with Gasteiger partial charge in [-0.25, -0.2) is 0 Å². The third-order valence-electron chi connectivity index (χ3n) is 2.72. The van der Waals surface area contributed by atoms with Crippen LogP contribution in [0.3, 0.4) is 0 Å². The fourth-order valence-corrected chi connectivity index (χ4v) is 1.51. The molecule has 0 atom stereocenters. The van der Waals surface area contributed by atoms with Crippen LogP contribution in [0, 0.1) is 0 Å². The molecule has 0 radical (unpaired) electrons. The van der Waals surface area contributed by atoms with Crippen molar-refractivity contribution in [3.63, 3.8) is 0 Å². The first-order chi connectivity index (χ1) is 7.50. The van der Waals surface area contributed by atoms with Crippen LogP contribution < -0.4 is 10.1 Å². The second-order valence-electron chi connectivity index (χ2n) is 5.38. The van der Waals surface area contributed by atoms with Gasteiger partial charge in [-0.2, -0.15) is 0 Å². The Kier molecular flexibility index (Phi) is 2.78. The predicted molar refractivity (Wildman–Crippen MR) is 66.1 cm³/mol. The van der Waals surface area contributed by atoms with Crippen LogP contribution in [0.2, 0.25) is 0 Å². The van der Waals surface area contributed by atoms with E-state index in [1.807, 2.05) is 13.2 Å². The number of hydrogen-bond donors (Lipinski definition) is 1. The monoisotopic (exact) mass is 220 g/mol. The van der Waals surface area contributed by atoms with Gasteiger partial charge in [0.1, 0.15) is 0 Å². The lowest BCUT2D eigenvalue weighted by atomic mass is 9.91. The number of pyridine rings is 1. The highest BCUT2D eigenvalue weighted by atomic mass is 16.5. The van der Waals surface area contributed by atoms with Crippen LogP contribution in [0.15, 0.2) is 12.3 Å². The maximum atomic E-state index is 5.79. The number of ether oxygens (including phenoxy) is 1. The van der Waals surface area contributed by atoms with Gasteiger partial charge in [0.25, 0.3) is 0 Å². The van der Waals surface area contributed by atoms with Gasteiger partial charge in [-0.05, 0) is 18.9 Å². The van der Waals surface area contributed by atoms with E-state index >= 15 is 0 Å². The zero-order valence-corrected chi connectivity index (χ0v) is 10.5. The summed E-state index contributed by atoms with van der Waals surface area (Å²) in [4.78, 5) is 4.47. The number of rotatable bonds is 3. The van der Waals surface area contributed by atoms with E-state index in [0.29, 0.717) is 6.10 Å². The Morgan fingerprint density at radius 2 is 2.06 bits per heavy atom. The van der Waals surface area contributed by atoms with Crippen molar-refractivity contribution in [2.75, 3.05) is 12.4 Å². The van der Waals surface area contributed by atoms with E-state index in [1.54, 1.807) is 0 Å². The van der Waals surface area contributed by atoms with Crippen LogP contribution in [0.4, 0.5) is 5.69 Å². The fraction of sp³-hybridized carbons (Fsp3) is 0.615. The number of nitrogens with one attached hydrogen (secondary N) is 1. The summed E-state index contributed by atoms with van der Waals surface area (Å²) in [6, 6.07) is 2.08. The molecule has 1 aromatic rings. The van der Waals surface area contributed by atoms with Gasteiger partial charge in [-0.1, -0.05) is 20.8 Å². The van der Waals surface area contributed by atoms with Crippen molar-refractivity contribution in [1.82, 2.24) is 4.98 Å². The lowest BCUT2D eigenvalue weighted by Crippen LogP contribution is -2.14. The van der Waals surface area contributed by atoms with E-state index in [-0.39, 0.29) is 5.41 Å². The number of anilines is 1. The topological polar surface area (TPSA) is 34.2 Å². The fourth-order valence-electron chi connectivity index (χ4n) is 1.51. The normalized spacial score (nSPS) is 16.0. The summed E-state index contributed by atoms with van der Waals surface area (Å²) in [5.74, 6) is 0.873. The van der Waals surface area contributed by atoms with Gasteiger partial charge in [0.05, 0.1) is 18.0 Å². The minimum atomic E-state index is 0.0731. The van der Waals surface area contributed by atoms with Crippen molar-refractivity contribution in [2.45, 2.75) is 45.1 Å². The highest BCUT2D eigenvalue weighted by molar-refractivity contribution is 5.56. The molecular formula is C13H20N2O. The van der Waals surface area contributed by atoms with Gasteiger partial charge in [-0.3, -0.25) is 4.98 Å². The molecule has 0 aliphatic heterocycles. The molecule has 1 N–H and O–H groups in total. The first-order valence-corrected chi connectivity index (χ1v) is 5.85. The molecule has 2 rings (SSSR count). The van der Waals surface area contributed by atoms with Crippen LogP contribution >= 0.6 is 0 Å². The maximum Gasteiger partial charge on any atom is 0.161 e. The van der Waals surface area contributed by atoms with Gasteiger partial charge >= 0.3 is 0 Å². The summed E-state index contributed by atoms with van der Waals surface area (Å²) in [5, 5.41) is 3.18. The number of aromatic nitrogens is 1. The average Bonchev–Trinajstić information content (AvgIpc) is 3.00. The lowest BCUT2D eigenvalue weighted by molar-refractivity contribution is 0.303. The summed E-state index contributed by atoms with van der Waals surface area (Å²) >= 11 is 0. The molecule has 3 heteroatoms. The Balaban J connectivity index is 2.26. The molecular weight excluding hydrogens is 200 g/mol. The molecule has 1 heterocycles. The molecule has 1 aromatic heterocycles. The van der Waals surface area contributed by atoms with Crippen molar-refractivity contribution in [3.05, 3.63) is 18.0 Å². The van der Waals surface area contributed by atoms with Crippen molar-refractivity contribution in [1.29, 1.82) is 0 Å². The molecule has 0 aromatic carbocycles. The van der Waals surface area contributed by atoms with Gasteiger partial charge in [0, 0.05) is 18.2 Å². The highest BCUT2D eigenvalue weighted by Gasteiger charge is 2.25. The molecule has 0 bridgehead atoms. The SMILES string of the molecule is CNc1cc(C(C)(C)C)ncc1OC1CC1. The highest BCUT2D eigenvalue weighted by Crippen LogP contribution is 2.33. The van der Waals surface area contributed by atoms with Crippen LogP contribution in [0.25, 0.3) is 0 Å². The third kappa shape index (κ3) is 2.46. The minimum absolute atomic E-state index is 0.0731. The smallest absolute Gasteiger partial charge is 0.161 e. The van der Waals surface area contributed by atoms with E-state index in [4.69, 9.17) is 4.74 Å². The van der Waals surface area contributed by atoms with Crippen molar-refractivity contribution < 1.29 is 4.74 Å². The zero-order valence-electron chi connectivity index (χ0n) is 10.5. The summed E-state index contributed by atoms with van der Waals surface area (Å²) in [6.45, 7) is 6.49. The van der Waals surface area contributed by atoms with E-state index in [1.165, 1.54) is 12.8 Å². The Hall–Kier alpha value is -1.25. The Morgan fingerprint density at radius 3 is 2.56 bits per heavy atom. The molecule has 1 fully saturated rings. The molecule has 0 spiro atoms. The van der Waals surface area contributed by atoms with Crippen LogP contribution in [0.1, 0.15) is 39.3 Å². The van der Waals surface area contributed by atoms with Gasteiger partial charge in [0.2, 0.25) is 0 Å². The predicted octanol–water partition coefficient (Wildman–Crippen LogP) is 2.96. The Morgan fingerprint density at radius 1 is 1.38 bits per heavy atom. The average molecular weight is 220 g/mol. The van der Waals surface area contributed by atoms with E-state index in [0.717, 1.165) is 17.1 Å². The summed E-state index contributed by atoms with van der Waals surface area (Å²) < 4.78 is 5.79. The van der Waals surface area contributed by atoms with Crippen LogP contribution in [0.5, 0.6) is 5.75 Å². The van der Waals surface area contributed by atoms with Crippen LogP contribution in [-0.4, -0.2) is 18.1 Å². The van der Waals surface area contributed by atoms with E-state index in [9.17, 15) is 0 Å². The number of nitrogens with zero attached hydrogens (tertiary/aromatic N) is 1. The van der Waals surface area contributed by atoms with E-state index in [2.05, 4.69) is 37.1 Å². The molecule has 88 valence electrons. The lowest BCUT2D eigenvalue weighted by Gasteiger charge is -2.20. The molecule has 1 saturated carbocycles. The molecule has 1 aliphatic rings. The Bertz CT molecular complexity index is 378. The largest absolute Gasteiger partial charge is 0.487 e. The first-order valence-electron chi connectivity index (χ1n) is 5.85.